The number of hydrogen-bond donors (Lipinski definition) is 2. The quantitative estimate of drug-likeness (QED) is 0.431. The van der Waals surface area contributed by atoms with Gasteiger partial charge in [-0.2, -0.15) is 5.10 Å². The highest BCUT2D eigenvalue weighted by Crippen LogP contribution is 2.25. The SMILES string of the molecule is O=C(N/N=C/c1c[nH]c2ccccc12)c1ccc(Cl)c([N+](=O)[O-])c1. The van der Waals surface area contributed by atoms with Crippen molar-refractivity contribution < 1.29 is 9.72 Å². The van der Waals surface area contributed by atoms with Gasteiger partial charge >= 0.3 is 0 Å². The van der Waals surface area contributed by atoms with E-state index < -0.39 is 10.8 Å². The molecule has 0 bridgehead atoms. The second kappa shape index (κ2) is 6.51. The van der Waals surface area contributed by atoms with E-state index in [1.807, 2.05) is 24.3 Å². The second-order valence-electron chi connectivity index (χ2n) is 4.91. The smallest absolute Gasteiger partial charge is 0.288 e. The zero-order valence-corrected chi connectivity index (χ0v) is 12.9. The number of rotatable bonds is 4. The van der Waals surface area contributed by atoms with Crippen LogP contribution in [-0.4, -0.2) is 22.0 Å². The molecule has 0 saturated carbocycles. The van der Waals surface area contributed by atoms with Gasteiger partial charge in [-0.25, -0.2) is 5.43 Å². The number of nitro groups is 1. The van der Waals surface area contributed by atoms with Crippen molar-refractivity contribution >= 4 is 40.3 Å². The number of nitrogens with zero attached hydrogens (tertiary/aromatic N) is 2. The third kappa shape index (κ3) is 3.11. The molecule has 7 nitrogen and oxygen atoms in total. The number of fused-ring (bicyclic) bond motifs is 1. The summed E-state index contributed by atoms with van der Waals surface area (Å²) in [6.07, 6.45) is 3.27. The van der Waals surface area contributed by atoms with Crippen LogP contribution in [0.25, 0.3) is 10.9 Å². The van der Waals surface area contributed by atoms with Crippen molar-refractivity contribution in [3.63, 3.8) is 0 Å². The summed E-state index contributed by atoms with van der Waals surface area (Å²) < 4.78 is 0. The van der Waals surface area contributed by atoms with Gasteiger partial charge in [-0.05, 0) is 18.2 Å². The number of amides is 1. The van der Waals surface area contributed by atoms with Crippen LogP contribution in [0, 0.1) is 10.1 Å². The summed E-state index contributed by atoms with van der Waals surface area (Å²) in [5.41, 5.74) is 3.88. The first-order valence-electron chi connectivity index (χ1n) is 6.90. The molecule has 0 unspecified atom stereocenters. The van der Waals surface area contributed by atoms with Crippen molar-refractivity contribution in [1.29, 1.82) is 0 Å². The third-order valence-corrected chi connectivity index (χ3v) is 3.72. The molecule has 0 radical (unpaired) electrons. The first kappa shape index (κ1) is 15.7. The summed E-state index contributed by atoms with van der Waals surface area (Å²) in [4.78, 5) is 25.3. The number of halogens is 1. The van der Waals surface area contributed by atoms with Crippen LogP contribution in [0.1, 0.15) is 15.9 Å². The van der Waals surface area contributed by atoms with E-state index in [-0.39, 0.29) is 16.3 Å². The molecule has 0 aliphatic rings. The highest BCUT2D eigenvalue weighted by atomic mass is 35.5. The number of aromatic amines is 1. The lowest BCUT2D eigenvalue weighted by atomic mass is 10.2. The van der Waals surface area contributed by atoms with E-state index in [2.05, 4.69) is 15.5 Å². The third-order valence-electron chi connectivity index (χ3n) is 3.40. The zero-order chi connectivity index (χ0) is 17.1. The van der Waals surface area contributed by atoms with E-state index in [1.54, 1.807) is 6.20 Å². The summed E-state index contributed by atoms with van der Waals surface area (Å²) in [5, 5.41) is 15.7. The summed E-state index contributed by atoms with van der Waals surface area (Å²) in [6.45, 7) is 0. The van der Waals surface area contributed by atoms with E-state index in [0.29, 0.717) is 0 Å². The fourth-order valence-electron chi connectivity index (χ4n) is 2.22. The summed E-state index contributed by atoms with van der Waals surface area (Å²) in [5.74, 6) is -0.564. The second-order valence-corrected chi connectivity index (χ2v) is 5.32. The van der Waals surface area contributed by atoms with Gasteiger partial charge in [0.25, 0.3) is 11.6 Å². The Morgan fingerprint density at radius 3 is 2.88 bits per heavy atom. The number of carbonyl (C=O) groups excluding carboxylic acids is 1. The van der Waals surface area contributed by atoms with Crippen LogP contribution in [0.2, 0.25) is 5.02 Å². The number of aromatic nitrogens is 1. The largest absolute Gasteiger partial charge is 0.361 e. The van der Waals surface area contributed by atoms with E-state index in [0.717, 1.165) is 22.5 Å². The minimum Gasteiger partial charge on any atom is -0.361 e. The fraction of sp³-hybridized carbons (Fsp3) is 0. The van der Waals surface area contributed by atoms with Crippen LogP contribution < -0.4 is 5.43 Å². The van der Waals surface area contributed by atoms with Crippen molar-refractivity contribution in [3.8, 4) is 0 Å². The molecule has 1 heterocycles. The monoisotopic (exact) mass is 342 g/mol. The van der Waals surface area contributed by atoms with Gasteiger partial charge in [0.05, 0.1) is 11.1 Å². The van der Waals surface area contributed by atoms with E-state index >= 15 is 0 Å². The molecule has 0 atom stereocenters. The molecule has 0 saturated heterocycles. The fourth-order valence-corrected chi connectivity index (χ4v) is 2.41. The molecular weight excluding hydrogens is 332 g/mol. The lowest BCUT2D eigenvalue weighted by Gasteiger charge is -2.01. The van der Waals surface area contributed by atoms with Crippen LogP contribution in [0.4, 0.5) is 5.69 Å². The average Bonchev–Trinajstić information content (AvgIpc) is 2.98. The Balaban J connectivity index is 1.76. The lowest BCUT2D eigenvalue weighted by Crippen LogP contribution is -2.17. The van der Waals surface area contributed by atoms with E-state index in [1.165, 1.54) is 18.3 Å². The van der Waals surface area contributed by atoms with Gasteiger partial charge in [0.2, 0.25) is 0 Å². The molecule has 3 aromatic rings. The Morgan fingerprint density at radius 1 is 1.29 bits per heavy atom. The van der Waals surface area contributed by atoms with Crippen molar-refractivity contribution in [2.24, 2.45) is 5.10 Å². The molecule has 1 amide bonds. The first-order valence-corrected chi connectivity index (χ1v) is 7.27. The number of hydrazone groups is 1. The maximum absolute atomic E-state index is 12.0. The van der Waals surface area contributed by atoms with Crippen molar-refractivity contribution in [2.75, 3.05) is 0 Å². The highest BCUT2D eigenvalue weighted by Gasteiger charge is 2.15. The molecule has 3 rings (SSSR count). The van der Waals surface area contributed by atoms with Crippen LogP contribution in [0.5, 0.6) is 0 Å². The van der Waals surface area contributed by atoms with Gasteiger partial charge in [-0.15, -0.1) is 0 Å². The van der Waals surface area contributed by atoms with E-state index in [9.17, 15) is 14.9 Å². The van der Waals surface area contributed by atoms with Gasteiger partial charge in [-0.1, -0.05) is 29.8 Å². The standard InChI is InChI=1S/C16H11ClN4O3/c17-13-6-5-10(7-15(13)21(23)24)16(22)20-19-9-11-8-18-14-4-2-1-3-12(11)14/h1-9,18H,(H,20,22)/b19-9+. The maximum atomic E-state index is 12.0. The van der Waals surface area contributed by atoms with Crippen molar-refractivity contribution in [1.82, 2.24) is 10.4 Å². The van der Waals surface area contributed by atoms with E-state index in [4.69, 9.17) is 11.6 Å². The zero-order valence-electron chi connectivity index (χ0n) is 12.2. The Morgan fingerprint density at radius 2 is 2.08 bits per heavy atom. The maximum Gasteiger partial charge on any atom is 0.288 e. The normalized spacial score (nSPS) is 11.0. The summed E-state index contributed by atoms with van der Waals surface area (Å²) in [6, 6.07) is 11.5. The number of nitro benzene ring substituents is 1. The van der Waals surface area contributed by atoms with Gasteiger partial charge in [-0.3, -0.25) is 14.9 Å². The Kier molecular flexibility index (Phi) is 4.26. The molecular formula is C16H11ClN4O3. The predicted octanol–water partition coefficient (Wildman–Crippen LogP) is 3.49. The molecule has 24 heavy (non-hydrogen) atoms. The molecule has 0 aliphatic heterocycles. The Bertz CT molecular complexity index is 965. The number of hydrogen-bond acceptors (Lipinski definition) is 4. The van der Waals surface area contributed by atoms with Crippen LogP contribution >= 0.6 is 11.6 Å². The molecule has 1 aromatic heterocycles. The topological polar surface area (TPSA) is 100 Å². The first-order chi connectivity index (χ1) is 11.6. The van der Waals surface area contributed by atoms with Crippen LogP contribution in [-0.2, 0) is 0 Å². The van der Waals surface area contributed by atoms with Crippen LogP contribution in [0.3, 0.4) is 0 Å². The summed E-state index contributed by atoms with van der Waals surface area (Å²) in [7, 11) is 0. The summed E-state index contributed by atoms with van der Waals surface area (Å²) >= 11 is 5.72. The van der Waals surface area contributed by atoms with Gasteiger partial charge in [0.15, 0.2) is 0 Å². The number of nitrogens with one attached hydrogen (secondary N) is 2. The molecule has 0 aliphatic carbocycles. The number of benzene rings is 2. The van der Waals surface area contributed by atoms with Gasteiger partial charge in [0.1, 0.15) is 5.02 Å². The molecule has 8 heteroatoms. The Hall–Kier alpha value is -3.19. The highest BCUT2D eigenvalue weighted by molar-refractivity contribution is 6.32. The van der Waals surface area contributed by atoms with Crippen LogP contribution in [0.15, 0.2) is 53.8 Å². The molecule has 2 aromatic carbocycles. The molecule has 0 fully saturated rings. The van der Waals surface area contributed by atoms with Crippen molar-refractivity contribution in [2.45, 2.75) is 0 Å². The van der Waals surface area contributed by atoms with Gasteiger partial charge in [0, 0.05) is 34.3 Å². The average molecular weight is 343 g/mol. The minimum absolute atomic E-state index is 0.0288. The number of para-hydroxylation sites is 1. The molecule has 0 spiro atoms. The minimum atomic E-state index is -0.645. The Labute approximate surface area is 141 Å². The van der Waals surface area contributed by atoms with Crippen molar-refractivity contribution in [3.05, 3.63) is 74.9 Å². The number of carbonyl (C=O) groups is 1. The molecule has 120 valence electrons. The number of H-pyrrole nitrogens is 1. The van der Waals surface area contributed by atoms with Gasteiger partial charge < -0.3 is 4.98 Å². The molecule has 2 N–H and O–H groups in total. The lowest BCUT2D eigenvalue weighted by molar-refractivity contribution is -0.384. The predicted molar refractivity (Wildman–Crippen MR) is 91.5 cm³/mol.